The maximum absolute atomic E-state index is 12.9. The molecule has 2 aromatic heterocycles. The van der Waals surface area contributed by atoms with Gasteiger partial charge in [0.15, 0.2) is 5.13 Å². The van der Waals surface area contributed by atoms with Gasteiger partial charge in [0.1, 0.15) is 4.21 Å². The molecule has 0 atom stereocenters. The van der Waals surface area contributed by atoms with Crippen LogP contribution in [0.2, 0.25) is 0 Å². The number of aromatic nitrogens is 1. The van der Waals surface area contributed by atoms with Crippen LogP contribution in [-0.2, 0) is 34.3 Å². The molecule has 0 spiro atoms. The third-order valence-electron chi connectivity index (χ3n) is 6.20. The molecule has 10 heteroatoms. The van der Waals surface area contributed by atoms with Gasteiger partial charge in [-0.3, -0.25) is 9.69 Å². The first-order chi connectivity index (χ1) is 16.0. The topological polar surface area (TPSA) is 82.6 Å². The van der Waals surface area contributed by atoms with E-state index < -0.39 is 10.0 Å². The SMILES string of the molecule is O=C(Nc1nc2c(s1)CN(Cc1ccccc1)CC2)C1CCN(S(=O)(=O)c2cccs2)CC1. The van der Waals surface area contributed by atoms with Crippen LogP contribution in [0.4, 0.5) is 5.13 Å². The van der Waals surface area contributed by atoms with Crippen LogP contribution in [0, 0.1) is 5.92 Å². The lowest BCUT2D eigenvalue weighted by Gasteiger charge is -2.29. The number of nitrogens with zero attached hydrogens (tertiary/aromatic N) is 3. The summed E-state index contributed by atoms with van der Waals surface area (Å²) in [6.45, 7) is 3.43. The average Bonchev–Trinajstić information content (AvgIpc) is 3.50. The quantitative estimate of drug-likeness (QED) is 0.554. The second-order valence-corrected chi connectivity index (χ2v) is 12.6. The summed E-state index contributed by atoms with van der Waals surface area (Å²) < 4.78 is 27.2. The summed E-state index contributed by atoms with van der Waals surface area (Å²) in [5.74, 6) is -0.259. The first-order valence-corrected chi connectivity index (χ1v) is 14.2. The minimum absolute atomic E-state index is 0.0598. The van der Waals surface area contributed by atoms with Crippen LogP contribution in [-0.4, -0.2) is 48.1 Å². The van der Waals surface area contributed by atoms with E-state index >= 15 is 0 Å². The number of hydrogen-bond acceptors (Lipinski definition) is 7. The standard InChI is InChI=1S/C23H26N4O3S3/c28-22(18-8-12-27(13-9-18)33(29,30)21-7-4-14-31-21)25-23-24-19-10-11-26(16-20(19)32-23)15-17-5-2-1-3-6-17/h1-7,14,18H,8-13,15-16H2,(H,24,25,28). The number of thiazole rings is 1. The van der Waals surface area contributed by atoms with E-state index in [1.807, 2.05) is 6.07 Å². The zero-order valence-electron chi connectivity index (χ0n) is 18.1. The van der Waals surface area contributed by atoms with E-state index in [-0.39, 0.29) is 11.8 Å². The third-order valence-corrected chi connectivity index (χ3v) is 10.5. The van der Waals surface area contributed by atoms with Crippen LogP contribution >= 0.6 is 22.7 Å². The van der Waals surface area contributed by atoms with Gasteiger partial charge in [-0.15, -0.1) is 22.7 Å². The molecule has 1 N–H and O–H groups in total. The average molecular weight is 503 g/mol. The fourth-order valence-corrected chi connectivity index (χ4v) is 8.05. The molecular formula is C23H26N4O3S3. The van der Waals surface area contributed by atoms with Gasteiger partial charge in [0.2, 0.25) is 5.91 Å². The highest BCUT2D eigenvalue weighted by Gasteiger charge is 2.33. The highest BCUT2D eigenvalue weighted by molar-refractivity contribution is 7.91. The van der Waals surface area contributed by atoms with Crippen molar-refractivity contribution in [3.05, 3.63) is 64.0 Å². The highest BCUT2D eigenvalue weighted by Crippen LogP contribution is 2.31. The summed E-state index contributed by atoms with van der Waals surface area (Å²) in [7, 11) is -3.45. The number of carbonyl (C=O) groups excluding carboxylic acids is 1. The minimum atomic E-state index is -3.45. The van der Waals surface area contributed by atoms with Gasteiger partial charge in [-0.2, -0.15) is 4.31 Å². The Morgan fingerprint density at radius 2 is 1.88 bits per heavy atom. The molecule has 0 saturated carbocycles. The van der Waals surface area contributed by atoms with E-state index in [9.17, 15) is 13.2 Å². The predicted octanol–water partition coefficient (Wildman–Crippen LogP) is 3.80. The number of carbonyl (C=O) groups is 1. The van der Waals surface area contributed by atoms with E-state index in [4.69, 9.17) is 0 Å². The molecular weight excluding hydrogens is 476 g/mol. The molecule has 7 nitrogen and oxygen atoms in total. The van der Waals surface area contributed by atoms with E-state index in [0.29, 0.717) is 35.3 Å². The number of amides is 1. The van der Waals surface area contributed by atoms with Gasteiger partial charge in [-0.25, -0.2) is 13.4 Å². The molecule has 5 rings (SSSR count). The first kappa shape index (κ1) is 22.7. The second kappa shape index (κ2) is 9.63. The number of benzene rings is 1. The van der Waals surface area contributed by atoms with E-state index in [0.717, 1.165) is 31.7 Å². The molecule has 2 aliphatic rings. The van der Waals surface area contributed by atoms with Crippen LogP contribution < -0.4 is 5.32 Å². The fourth-order valence-electron chi connectivity index (χ4n) is 4.38. The predicted molar refractivity (Wildman–Crippen MR) is 131 cm³/mol. The molecule has 0 unspecified atom stereocenters. The van der Waals surface area contributed by atoms with Crippen molar-refractivity contribution in [3.63, 3.8) is 0 Å². The van der Waals surface area contributed by atoms with Crippen molar-refractivity contribution in [3.8, 4) is 0 Å². The van der Waals surface area contributed by atoms with Crippen LogP contribution in [0.25, 0.3) is 0 Å². The van der Waals surface area contributed by atoms with E-state index in [1.54, 1.807) is 28.8 Å². The summed E-state index contributed by atoms with van der Waals surface area (Å²) in [6.07, 6.45) is 1.92. The number of rotatable bonds is 6. The Balaban J connectivity index is 1.16. The lowest BCUT2D eigenvalue weighted by atomic mass is 9.97. The summed E-state index contributed by atoms with van der Waals surface area (Å²) >= 11 is 2.78. The highest BCUT2D eigenvalue weighted by atomic mass is 32.2. The molecule has 1 saturated heterocycles. The van der Waals surface area contributed by atoms with Crippen molar-refractivity contribution >= 4 is 43.7 Å². The number of thiophene rings is 1. The largest absolute Gasteiger partial charge is 0.302 e. The van der Waals surface area contributed by atoms with Gasteiger partial charge in [0.05, 0.1) is 5.69 Å². The molecule has 0 aliphatic carbocycles. The second-order valence-electron chi connectivity index (χ2n) is 8.43. The van der Waals surface area contributed by atoms with Crippen LogP contribution in [0.5, 0.6) is 0 Å². The maximum atomic E-state index is 12.9. The van der Waals surface area contributed by atoms with E-state index in [1.165, 1.54) is 26.1 Å². The number of hydrogen-bond donors (Lipinski definition) is 1. The number of sulfonamides is 1. The maximum Gasteiger partial charge on any atom is 0.252 e. The van der Waals surface area contributed by atoms with Crippen molar-refractivity contribution in [1.82, 2.24) is 14.2 Å². The van der Waals surface area contributed by atoms with Crippen LogP contribution in [0.1, 0.15) is 29.0 Å². The molecule has 174 valence electrons. The Labute approximate surface area is 202 Å². The summed E-state index contributed by atoms with van der Waals surface area (Å²) in [4.78, 5) is 21.1. The lowest BCUT2D eigenvalue weighted by molar-refractivity contribution is -0.120. The number of fused-ring (bicyclic) bond motifs is 1. The van der Waals surface area contributed by atoms with Crippen LogP contribution in [0.3, 0.4) is 0 Å². The molecule has 33 heavy (non-hydrogen) atoms. The zero-order chi connectivity index (χ0) is 22.8. The Bertz CT molecular complexity index is 1200. The van der Waals surface area contributed by atoms with Gasteiger partial charge < -0.3 is 5.32 Å². The fraction of sp³-hybridized carbons (Fsp3) is 0.391. The smallest absolute Gasteiger partial charge is 0.252 e. The molecule has 1 amide bonds. The Morgan fingerprint density at radius 1 is 1.09 bits per heavy atom. The third kappa shape index (κ3) is 5.04. The van der Waals surface area contributed by atoms with Gasteiger partial charge in [-0.1, -0.05) is 36.4 Å². The van der Waals surface area contributed by atoms with Crippen molar-refractivity contribution in [1.29, 1.82) is 0 Å². The first-order valence-electron chi connectivity index (χ1n) is 11.1. The molecule has 1 aromatic carbocycles. The van der Waals surface area contributed by atoms with Gasteiger partial charge in [0.25, 0.3) is 10.0 Å². The normalized spacial score (nSPS) is 18.2. The Kier molecular flexibility index (Phi) is 6.62. The van der Waals surface area contributed by atoms with Crippen molar-refractivity contribution in [2.75, 3.05) is 25.0 Å². The van der Waals surface area contributed by atoms with Crippen molar-refractivity contribution in [2.45, 2.75) is 36.6 Å². The lowest BCUT2D eigenvalue weighted by Crippen LogP contribution is -2.41. The Hall–Kier alpha value is -2.11. The number of anilines is 1. The molecule has 4 heterocycles. The molecule has 0 bridgehead atoms. The number of nitrogens with one attached hydrogen (secondary N) is 1. The zero-order valence-corrected chi connectivity index (χ0v) is 20.6. The summed E-state index contributed by atoms with van der Waals surface area (Å²) in [5, 5.41) is 5.42. The van der Waals surface area contributed by atoms with Crippen LogP contribution in [0.15, 0.2) is 52.1 Å². The molecule has 0 radical (unpaired) electrons. The molecule has 2 aliphatic heterocycles. The van der Waals surface area contributed by atoms with Gasteiger partial charge in [-0.05, 0) is 29.9 Å². The van der Waals surface area contributed by atoms with E-state index in [2.05, 4.69) is 39.5 Å². The summed E-state index contributed by atoms with van der Waals surface area (Å²) in [5.41, 5.74) is 2.38. The summed E-state index contributed by atoms with van der Waals surface area (Å²) in [6, 6.07) is 13.8. The van der Waals surface area contributed by atoms with Gasteiger partial charge >= 0.3 is 0 Å². The minimum Gasteiger partial charge on any atom is -0.302 e. The monoisotopic (exact) mass is 502 g/mol. The molecule has 1 fully saturated rings. The molecule has 3 aromatic rings. The van der Waals surface area contributed by atoms with Crippen molar-refractivity contribution < 1.29 is 13.2 Å². The Morgan fingerprint density at radius 3 is 2.61 bits per heavy atom. The van der Waals surface area contributed by atoms with Crippen molar-refractivity contribution in [2.24, 2.45) is 5.92 Å². The van der Waals surface area contributed by atoms with Gasteiger partial charge in [0, 0.05) is 49.9 Å². The number of piperidine rings is 1.